The minimum Gasteiger partial charge on any atom is -0.492 e. The molecule has 1 amide bonds. The molecule has 1 heterocycles. The summed E-state index contributed by atoms with van der Waals surface area (Å²) in [4.78, 5) is 16.0. The summed E-state index contributed by atoms with van der Waals surface area (Å²) < 4.78 is 13.1. The standard InChI is InChI=1S/C19H19N3O3/c23-19(14-25-17-6-2-1-3-7-17)21-16-5-4-8-18(13-16)24-12-11-22-10-9-20-15-22/h1-10,13,15H,11-12,14H2,(H,21,23). The monoisotopic (exact) mass is 337 g/mol. The van der Waals surface area contributed by atoms with Crippen molar-refractivity contribution < 1.29 is 14.3 Å². The number of nitrogens with zero attached hydrogens (tertiary/aromatic N) is 2. The number of rotatable bonds is 8. The molecule has 1 aromatic heterocycles. The average molecular weight is 337 g/mol. The molecule has 3 rings (SSSR count). The second-order valence-corrected chi connectivity index (χ2v) is 5.33. The first-order chi connectivity index (χ1) is 12.3. The highest BCUT2D eigenvalue weighted by atomic mass is 16.5. The molecule has 0 aliphatic rings. The van der Waals surface area contributed by atoms with Crippen LogP contribution in [-0.4, -0.2) is 28.7 Å². The molecule has 0 bridgehead atoms. The van der Waals surface area contributed by atoms with Gasteiger partial charge in [0, 0.05) is 24.1 Å². The van der Waals surface area contributed by atoms with Crippen molar-refractivity contribution in [2.24, 2.45) is 0 Å². The zero-order valence-corrected chi connectivity index (χ0v) is 13.7. The van der Waals surface area contributed by atoms with Gasteiger partial charge in [-0.25, -0.2) is 4.98 Å². The van der Waals surface area contributed by atoms with Crippen molar-refractivity contribution in [3.05, 3.63) is 73.3 Å². The molecule has 3 aromatic rings. The van der Waals surface area contributed by atoms with E-state index in [1.54, 1.807) is 18.6 Å². The van der Waals surface area contributed by atoms with E-state index >= 15 is 0 Å². The molecule has 6 nitrogen and oxygen atoms in total. The fourth-order valence-electron chi connectivity index (χ4n) is 2.21. The predicted molar refractivity (Wildman–Crippen MR) is 94.7 cm³/mol. The van der Waals surface area contributed by atoms with Crippen LogP contribution in [0, 0.1) is 0 Å². The first kappa shape index (κ1) is 16.6. The second-order valence-electron chi connectivity index (χ2n) is 5.33. The van der Waals surface area contributed by atoms with Crippen LogP contribution in [0.2, 0.25) is 0 Å². The summed E-state index contributed by atoms with van der Waals surface area (Å²) in [5.74, 6) is 1.13. The van der Waals surface area contributed by atoms with Gasteiger partial charge in [-0.05, 0) is 24.3 Å². The van der Waals surface area contributed by atoms with Crippen molar-refractivity contribution in [1.82, 2.24) is 9.55 Å². The van der Waals surface area contributed by atoms with E-state index in [4.69, 9.17) is 9.47 Å². The Kier molecular flexibility index (Phi) is 5.66. The molecule has 0 aliphatic heterocycles. The summed E-state index contributed by atoms with van der Waals surface area (Å²) in [6.45, 7) is 1.18. The third kappa shape index (κ3) is 5.39. The summed E-state index contributed by atoms with van der Waals surface area (Å²) in [7, 11) is 0. The Hall–Kier alpha value is -3.28. The highest BCUT2D eigenvalue weighted by molar-refractivity contribution is 5.92. The Morgan fingerprint density at radius 1 is 1.04 bits per heavy atom. The number of carbonyl (C=O) groups excluding carboxylic acids is 1. The molecule has 0 atom stereocenters. The smallest absolute Gasteiger partial charge is 0.262 e. The van der Waals surface area contributed by atoms with E-state index in [-0.39, 0.29) is 12.5 Å². The highest BCUT2D eigenvalue weighted by Crippen LogP contribution is 2.17. The summed E-state index contributed by atoms with van der Waals surface area (Å²) in [6.07, 6.45) is 5.35. The molecule has 0 radical (unpaired) electrons. The van der Waals surface area contributed by atoms with Crippen LogP contribution in [0.15, 0.2) is 73.3 Å². The zero-order valence-electron chi connectivity index (χ0n) is 13.7. The summed E-state index contributed by atoms with van der Waals surface area (Å²) in [5, 5.41) is 2.80. The number of carbonyl (C=O) groups is 1. The lowest BCUT2D eigenvalue weighted by molar-refractivity contribution is -0.118. The SMILES string of the molecule is O=C(COc1ccccc1)Nc1cccc(OCCn2ccnc2)c1. The van der Waals surface area contributed by atoms with Crippen LogP contribution >= 0.6 is 0 Å². The number of hydrogen-bond donors (Lipinski definition) is 1. The summed E-state index contributed by atoms with van der Waals surface area (Å²) >= 11 is 0. The zero-order chi connectivity index (χ0) is 17.3. The summed E-state index contributed by atoms with van der Waals surface area (Å²) in [5.41, 5.74) is 0.668. The molecule has 0 fully saturated rings. The number of benzene rings is 2. The number of ether oxygens (including phenoxy) is 2. The number of amides is 1. The van der Waals surface area contributed by atoms with Gasteiger partial charge in [-0.15, -0.1) is 0 Å². The maximum Gasteiger partial charge on any atom is 0.262 e. The second kappa shape index (κ2) is 8.54. The number of nitrogens with one attached hydrogen (secondary N) is 1. The van der Waals surface area contributed by atoms with Crippen LogP contribution in [0.1, 0.15) is 0 Å². The maximum absolute atomic E-state index is 12.0. The third-order valence-corrected chi connectivity index (χ3v) is 3.41. The van der Waals surface area contributed by atoms with Crippen LogP contribution in [-0.2, 0) is 11.3 Å². The minimum atomic E-state index is -0.223. The number of aromatic nitrogens is 2. The highest BCUT2D eigenvalue weighted by Gasteiger charge is 2.05. The number of imidazole rings is 1. The van der Waals surface area contributed by atoms with Gasteiger partial charge < -0.3 is 19.4 Å². The van der Waals surface area contributed by atoms with Gasteiger partial charge in [0.15, 0.2) is 6.61 Å². The van der Waals surface area contributed by atoms with E-state index in [0.717, 1.165) is 0 Å². The van der Waals surface area contributed by atoms with E-state index in [0.29, 0.717) is 30.3 Å². The molecular formula is C19H19N3O3. The fraction of sp³-hybridized carbons (Fsp3) is 0.158. The number of para-hydroxylation sites is 1. The molecule has 6 heteroatoms. The third-order valence-electron chi connectivity index (χ3n) is 3.41. The van der Waals surface area contributed by atoms with Crippen LogP contribution < -0.4 is 14.8 Å². The maximum atomic E-state index is 12.0. The van der Waals surface area contributed by atoms with Crippen molar-refractivity contribution >= 4 is 11.6 Å². The topological polar surface area (TPSA) is 65.4 Å². The Morgan fingerprint density at radius 2 is 1.88 bits per heavy atom. The molecule has 0 spiro atoms. The van der Waals surface area contributed by atoms with E-state index in [2.05, 4.69) is 10.3 Å². The van der Waals surface area contributed by atoms with Crippen LogP contribution in [0.25, 0.3) is 0 Å². The fourth-order valence-corrected chi connectivity index (χ4v) is 2.21. The van der Waals surface area contributed by atoms with E-state index < -0.39 is 0 Å². The molecule has 0 saturated carbocycles. The van der Waals surface area contributed by atoms with Crippen molar-refractivity contribution in [2.75, 3.05) is 18.5 Å². The molecule has 0 unspecified atom stereocenters. The molecular weight excluding hydrogens is 318 g/mol. The number of hydrogen-bond acceptors (Lipinski definition) is 4. The van der Waals surface area contributed by atoms with Crippen LogP contribution in [0.4, 0.5) is 5.69 Å². The molecule has 0 aliphatic carbocycles. The normalized spacial score (nSPS) is 10.2. The lowest BCUT2D eigenvalue weighted by Crippen LogP contribution is -2.20. The summed E-state index contributed by atoms with van der Waals surface area (Å²) in [6, 6.07) is 16.5. The molecule has 128 valence electrons. The Balaban J connectivity index is 1.46. The lowest BCUT2D eigenvalue weighted by atomic mass is 10.3. The van der Waals surface area contributed by atoms with Crippen LogP contribution in [0.5, 0.6) is 11.5 Å². The van der Waals surface area contributed by atoms with Crippen molar-refractivity contribution in [3.8, 4) is 11.5 Å². The van der Waals surface area contributed by atoms with E-state index in [1.807, 2.05) is 59.3 Å². The van der Waals surface area contributed by atoms with Gasteiger partial charge in [0.1, 0.15) is 18.1 Å². The lowest BCUT2D eigenvalue weighted by Gasteiger charge is -2.10. The molecule has 1 N–H and O–H groups in total. The Labute approximate surface area is 146 Å². The minimum absolute atomic E-state index is 0.0459. The molecule has 2 aromatic carbocycles. The Morgan fingerprint density at radius 3 is 2.68 bits per heavy atom. The van der Waals surface area contributed by atoms with E-state index in [1.165, 1.54) is 0 Å². The van der Waals surface area contributed by atoms with E-state index in [9.17, 15) is 4.79 Å². The van der Waals surface area contributed by atoms with Gasteiger partial charge in [0.2, 0.25) is 0 Å². The van der Waals surface area contributed by atoms with Crippen LogP contribution in [0.3, 0.4) is 0 Å². The largest absolute Gasteiger partial charge is 0.492 e. The van der Waals surface area contributed by atoms with Gasteiger partial charge >= 0.3 is 0 Å². The van der Waals surface area contributed by atoms with Gasteiger partial charge in [0.25, 0.3) is 5.91 Å². The van der Waals surface area contributed by atoms with Crippen molar-refractivity contribution in [1.29, 1.82) is 0 Å². The first-order valence-electron chi connectivity index (χ1n) is 7.96. The molecule has 0 saturated heterocycles. The van der Waals surface area contributed by atoms with Gasteiger partial charge in [-0.1, -0.05) is 24.3 Å². The predicted octanol–water partition coefficient (Wildman–Crippen LogP) is 2.98. The quantitative estimate of drug-likeness (QED) is 0.686. The number of anilines is 1. The van der Waals surface area contributed by atoms with Crippen molar-refractivity contribution in [2.45, 2.75) is 6.54 Å². The first-order valence-corrected chi connectivity index (χ1v) is 7.96. The Bertz CT molecular complexity index is 789. The van der Waals surface area contributed by atoms with Gasteiger partial charge in [-0.2, -0.15) is 0 Å². The molecule has 25 heavy (non-hydrogen) atoms. The van der Waals surface area contributed by atoms with Gasteiger partial charge in [0.05, 0.1) is 12.9 Å². The average Bonchev–Trinajstić information content (AvgIpc) is 3.15. The van der Waals surface area contributed by atoms with Gasteiger partial charge in [-0.3, -0.25) is 4.79 Å². The van der Waals surface area contributed by atoms with Crippen molar-refractivity contribution in [3.63, 3.8) is 0 Å².